The van der Waals surface area contributed by atoms with E-state index >= 15 is 0 Å². The first-order chi connectivity index (χ1) is 29.5. The molecule has 0 saturated carbocycles. The summed E-state index contributed by atoms with van der Waals surface area (Å²) < 4.78 is 4.92. The van der Waals surface area contributed by atoms with Crippen LogP contribution in [0.2, 0.25) is 0 Å². The lowest BCUT2D eigenvalue weighted by molar-refractivity contribution is 0.633. The highest BCUT2D eigenvalue weighted by molar-refractivity contribution is 6.14. The van der Waals surface area contributed by atoms with Crippen molar-refractivity contribution in [1.82, 2.24) is 9.13 Å². The largest absolute Gasteiger partial charge is 0.310 e. The van der Waals surface area contributed by atoms with Crippen molar-refractivity contribution >= 4 is 60.7 Å². The lowest BCUT2D eigenvalue weighted by Gasteiger charge is -2.42. The summed E-state index contributed by atoms with van der Waals surface area (Å²) in [5.41, 5.74) is 17.8. The Morgan fingerprint density at radius 2 is 0.767 bits per heavy atom. The second-order valence-corrected chi connectivity index (χ2v) is 16.6. The fourth-order valence-electron chi connectivity index (χ4n) is 9.95. The normalized spacial score (nSPS) is 13.3. The number of para-hydroxylation sites is 3. The fraction of sp³-hybridized carbons (Fsp3) is 0.0526. The van der Waals surface area contributed by atoms with Gasteiger partial charge in [0.05, 0.1) is 33.4 Å². The van der Waals surface area contributed by atoms with E-state index < -0.39 is 0 Å². The van der Waals surface area contributed by atoms with E-state index in [0.29, 0.717) is 0 Å². The van der Waals surface area contributed by atoms with Crippen LogP contribution in [0, 0.1) is 0 Å². The molecule has 0 radical (unpaired) electrons. The summed E-state index contributed by atoms with van der Waals surface area (Å²) in [6.45, 7) is 4.82. The van der Waals surface area contributed by atoms with Crippen LogP contribution in [0.25, 0.3) is 77.2 Å². The Kier molecular flexibility index (Phi) is 7.58. The second kappa shape index (κ2) is 13.2. The number of anilines is 3. The Balaban J connectivity index is 1.11. The van der Waals surface area contributed by atoms with E-state index in [4.69, 9.17) is 0 Å². The molecule has 0 unspecified atom stereocenters. The van der Waals surface area contributed by atoms with Gasteiger partial charge in [0.2, 0.25) is 0 Å². The third-order valence-corrected chi connectivity index (χ3v) is 12.9. The minimum absolute atomic E-state index is 0.326. The summed E-state index contributed by atoms with van der Waals surface area (Å²) in [6.07, 6.45) is 0. The minimum Gasteiger partial charge on any atom is -0.310 e. The van der Waals surface area contributed by atoms with Gasteiger partial charge in [-0.05, 0) is 106 Å². The van der Waals surface area contributed by atoms with Gasteiger partial charge in [0.15, 0.2) is 0 Å². The average Bonchev–Trinajstić information content (AvgIpc) is 3.81. The van der Waals surface area contributed by atoms with E-state index in [1.165, 1.54) is 88.4 Å². The lowest BCUT2D eigenvalue weighted by Crippen LogP contribution is -2.30. The molecule has 1 aliphatic rings. The molecule has 0 aliphatic carbocycles. The van der Waals surface area contributed by atoms with Crippen LogP contribution in [0.1, 0.15) is 25.0 Å². The molecule has 3 heterocycles. The first-order valence-corrected chi connectivity index (χ1v) is 20.9. The first-order valence-electron chi connectivity index (χ1n) is 20.9. The van der Waals surface area contributed by atoms with Gasteiger partial charge in [-0.25, -0.2) is 0 Å². The zero-order chi connectivity index (χ0) is 40.0. The predicted octanol–water partition coefficient (Wildman–Crippen LogP) is 15.3. The summed E-state index contributed by atoms with van der Waals surface area (Å²) in [7, 11) is 0. The van der Waals surface area contributed by atoms with Gasteiger partial charge < -0.3 is 14.0 Å². The molecule has 60 heavy (non-hydrogen) atoms. The number of hydrogen-bond acceptors (Lipinski definition) is 1. The number of nitrogens with zero attached hydrogens (tertiary/aromatic N) is 3. The smallest absolute Gasteiger partial charge is 0.0562 e. The zero-order valence-electron chi connectivity index (χ0n) is 33.5. The van der Waals surface area contributed by atoms with Crippen LogP contribution >= 0.6 is 0 Å². The molecule has 0 amide bonds. The first kappa shape index (κ1) is 34.4. The highest BCUT2D eigenvalue weighted by atomic mass is 15.2. The van der Waals surface area contributed by atoms with Crippen molar-refractivity contribution in [2.45, 2.75) is 19.3 Å². The van der Waals surface area contributed by atoms with E-state index in [1.54, 1.807) is 0 Å². The van der Waals surface area contributed by atoms with E-state index in [9.17, 15) is 0 Å². The average molecular weight is 768 g/mol. The topological polar surface area (TPSA) is 13.1 Å². The number of fused-ring (bicyclic) bond motifs is 8. The van der Waals surface area contributed by atoms with Gasteiger partial charge >= 0.3 is 0 Å². The van der Waals surface area contributed by atoms with Gasteiger partial charge in [-0.3, -0.25) is 0 Å². The number of aromatic nitrogens is 2. The van der Waals surface area contributed by atoms with Crippen molar-refractivity contribution in [2.24, 2.45) is 0 Å². The molecule has 0 bridgehead atoms. The van der Waals surface area contributed by atoms with Gasteiger partial charge in [0, 0.05) is 44.0 Å². The number of hydrogen-bond donors (Lipinski definition) is 0. The molecule has 2 aromatic heterocycles. The van der Waals surface area contributed by atoms with Crippen molar-refractivity contribution in [2.75, 3.05) is 4.90 Å². The summed E-state index contributed by atoms with van der Waals surface area (Å²) in [4.78, 5) is 2.51. The molecule has 1 aliphatic heterocycles. The maximum atomic E-state index is 2.51. The molecule has 0 spiro atoms. The van der Waals surface area contributed by atoms with E-state index in [-0.39, 0.29) is 5.41 Å². The van der Waals surface area contributed by atoms with Gasteiger partial charge in [-0.1, -0.05) is 153 Å². The third kappa shape index (κ3) is 5.15. The molecule has 3 heteroatoms. The van der Waals surface area contributed by atoms with Gasteiger partial charge in [-0.15, -0.1) is 0 Å². The molecular formula is C57H41N3. The van der Waals surface area contributed by atoms with E-state index in [2.05, 4.69) is 240 Å². The highest BCUT2D eigenvalue weighted by Gasteiger charge is 2.39. The van der Waals surface area contributed by atoms with Crippen LogP contribution < -0.4 is 4.90 Å². The Bertz CT molecular complexity index is 3430. The van der Waals surface area contributed by atoms with Gasteiger partial charge in [-0.2, -0.15) is 0 Å². The van der Waals surface area contributed by atoms with Crippen LogP contribution in [0.5, 0.6) is 0 Å². The number of benzene rings is 9. The molecule has 0 N–H and O–H groups in total. The molecule has 0 fully saturated rings. The lowest BCUT2D eigenvalue weighted by atomic mass is 9.72. The molecule has 0 atom stereocenters. The minimum atomic E-state index is -0.326. The molecule has 9 aromatic carbocycles. The van der Waals surface area contributed by atoms with Crippen LogP contribution in [0.15, 0.2) is 212 Å². The Labute approximate surface area is 349 Å². The van der Waals surface area contributed by atoms with Gasteiger partial charge in [0.25, 0.3) is 0 Å². The van der Waals surface area contributed by atoms with Gasteiger partial charge in [0.1, 0.15) is 0 Å². The highest BCUT2D eigenvalue weighted by Crippen LogP contribution is 2.55. The Hall–Kier alpha value is -7.62. The third-order valence-electron chi connectivity index (χ3n) is 12.9. The predicted molar refractivity (Wildman–Crippen MR) is 253 cm³/mol. The monoisotopic (exact) mass is 767 g/mol. The van der Waals surface area contributed by atoms with Crippen molar-refractivity contribution in [1.29, 1.82) is 0 Å². The Morgan fingerprint density at radius 3 is 1.43 bits per heavy atom. The van der Waals surface area contributed by atoms with Crippen molar-refractivity contribution < 1.29 is 0 Å². The standard InChI is InChI=1S/C57H41N3/c1-57(2)49-34-47-45-25-12-15-28-52(45)60(44-24-16-21-41(33-44)39-19-8-4-9-20-39)54(47)37-56(49)59(42-22-10-5-11-23-42)55-35-48-46-26-13-14-27-51(46)58(53(48)36-50(55)57)43-31-29-40(30-32-43)38-17-6-3-7-18-38/h3-37H,1-2H3. The van der Waals surface area contributed by atoms with E-state index in [1.807, 2.05) is 0 Å². The maximum absolute atomic E-state index is 2.51. The van der Waals surface area contributed by atoms with Crippen molar-refractivity contribution in [3.63, 3.8) is 0 Å². The SMILES string of the molecule is CC1(C)c2cc3c4ccccc4n(-c4cccc(-c5ccccc5)c4)c3cc2N(c2ccccc2)c2cc3c4ccccc4n(-c4ccc(-c5ccccc5)cc4)c3cc21. The van der Waals surface area contributed by atoms with Crippen molar-refractivity contribution in [3.05, 3.63) is 223 Å². The van der Waals surface area contributed by atoms with Crippen LogP contribution in [-0.4, -0.2) is 9.13 Å². The summed E-state index contributed by atoms with van der Waals surface area (Å²) >= 11 is 0. The quantitative estimate of drug-likeness (QED) is 0.170. The molecule has 11 aromatic rings. The van der Waals surface area contributed by atoms with Crippen LogP contribution in [-0.2, 0) is 5.41 Å². The summed E-state index contributed by atoms with van der Waals surface area (Å²) in [5, 5.41) is 4.99. The van der Waals surface area contributed by atoms with Crippen LogP contribution in [0.4, 0.5) is 17.1 Å². The Morgan fingerprint density at radius 1 is 0.300 bits per heavy atom. The van der Waals surface area contributed by atoms with E-state index in [0.717, 1.165) is 17.1 Å². The molecule has 3 nitrogen and oxygen atoms in total. The summed E-state index contributed by atoms with van der Waals surface area (Å²) in [6, 6.07) is 77.9. The molecular weight excluding hydrogens is 727 g/mol. The van der Waals surface area contributed by atoms with Crippen LogP contribution in [0.3, 0.4) is 0 Å². The zero-order valence-corrected chi connectivity index (χ0v) is 33.5. The molecule has 284 valence electrons. The van der Waals surface area contributed by atoms with Crippen molar-refractivity contribution in [3.8, 4) is 33.6 Å². The second-order valence-electron chi connectivity index (χ2n) is 16.6. The number of rotatable bonds is 5. The summed E-state index contributed by atoms with van der Waals surface area (Å²) in [5.74, 6) is 0. The fourth-order valence-corrected chi connectivity index (χ4v) is 9.95. The maximum Gasteiger partial charge on any atom is 0.0562 e. The molecule has 0 saturated heterocycles. The molecule has 12 rings (SSSR count).